The fraction of sp³-hybridized carbons (Fsp3) is 0.300. The third kappa shape index (κ3) is 5.28. The summed E-state index contributed by atoms with van der Waals surface area (Å²) in [6, 6.07) is 8.96. The van der Waals surface area contributed by atoms with Crippen LogP contribution in [0.1, 0.15) is 15.9 Å². The van der Waals surface area contributed by atoms with Gasteiger partial charge in [0.2, 0.25) is 10.0 Å². The number of carbonyl (C=O) groups is 2. The van der Waals surface area contributed by atoms with Crippen LogP contribution in [0.3, 0.4) is 0 Å². The van der Waals surface area contributed by atoms with Crippen molar-refractivity contribution in [1.29, 1.82) is 0 Å². The number of nitrogens with one attached hydrogen (secondary N) is 1. The van der Waals surface area contributed by atoms with E-state index in [-0.39, 0.29) is 16.2 Å². The van der Waals surface area contributed by atoms with Gasteiger partial charge in [0.1, 0.15) is 17.1 Å². The molecule has 0 spiro atoms. The summed E-state index contributed by atoms with van der Waals surface area (Å²) >= 11 is 0. The number of benzene rings is 2. The lowest BCUT2D eigenvalue weighted by Gasteiger charge is -2.14. The third-order valence-electron chi connectivity index (χ3n) is 4.22. The van der Waals surface area contributed by atoms with Crippen LogP contribution >= 0.6 is 0 Å². The van der Waals surface area contributed by atoms with Crippen molar-refractivity contribution in [3.05, 3.63) is 47.5 Å². The van der Waals surface area contributed by atoms with Crippen molar-refractivity contribution in [3.8, 4) is 11.5 Å². The monoisotopic (exact) mass is 436 g/mol. The molecule has 9 nitrogen and oxygen atoms in total. The Morgan fingerprint density at radius 3 is 2.33 bits per heavy atom. The quantitative estimate of drug-likeness (QED) is 0.631. The number of esters is 1. The Morgan fingerprint density at radius 2 is 1.73 bits per heavy atom. The summed E-state index contributed by atoms with van der Waals surface area (Å²) in [7, 11) is 2.06. The Balaban J connectivity index is 2.09. The predicted octanol–water partition coefficient (Wildman–Crippen LogP) is 2.06. The zero-order valence-corrected chi connectivity index (χ0v) is 18.2. The summed E-state index contributed by atoms with van der Waals surface area (Å²) in [6.07, 6.45) is 0. The topological polar surface area (TPSA) is 111 Å². The molecular weight excluding hydrogens is 412 g/mol. The standard InChI is InChI=1S/C20H24N2O7S/c1-13-6-8-15(30(25,26)22(2)3)11-17(13)21-19(23)12-29-20(24)16-9-7-14(27-4)10-18(16)28-5/h6-11H,12H2,1-5H3,(H,21,23). The summed E-state index contributed by atoms with van der Waals surface area (Å²) in [5.41, 5.74) is 1.10. The molecule has 0 aliphatic rings. The second kappa shape index (κ2) is 9.59. The van der Waals surface area contributed by atoms with E-state index >= 15 is 0 Å². The first-order valence-corrected chi connectivity index (χ1v) is 10.3. The number of amides is 1. The van der Waals surface area contributed by atoms with Gasteiger partial charge < -0.3 is 19.5 Å². The normalized spacial score (nSPS) is 11.1. The Bertz CT molecular complexity index is 1050. The van der Waals surface area contributed by atoms with Crippen LogP contribution in [-0.4, -0.2) is 59.5 Å². The number of anilines is 1. The van der Waals surface area contributed by atoms with Crippen LogP contribution in [0.25, 0.3) is 0 Å². The van der Waals surface area contributed by atoms with Crippen molar-refractivity contribution >= 4 is 27.6 Å². The molecule has 1 N–H and O–H groups in total. The molecule has 162 valence electrons. The van der Waals surface area contributed by atoms with Gasteiger partial charge in [-0.1, -0.05) is 6.07 Å². The molecule has 0 aliphatic carbocycles. The smallest absolute Gasteiger partial charge is 0.342 e. The molecule has 0 saturated carbocycles. The first-order valence-electron chi connectivity index (χ1n) is 8.82. The summed E-state index contributed by atoms with van der Waals surface area (Å²) < 4.78 is 40.9. The Hall–Kier alpha value is -3.11. The van der Waals surface area contributed by atoms with Gasteiger partial charge in [-0.05, 0) is 36.8 Å². The molecule has 0 unspecified atom stereocenters. The number of hydrogen-bond donors (Lipinski definition) is 1. The number of nitrogens with zero attached hydrogens (tertiary/aromatic N) is 1. The average Bonchev–Trinajstić information content (AvgIpc) is 2.72. The highest BCUT2D eigenvalue weighted by molar-refractivity contribution is 7.89. The van der Waals surface area contributed by atoms with E-state index in [4.69, 9.17) is 14.2 Å². The van der Waals surface area contributed by atoms with E-state index in [2.05, 4.69) is 5.32 Å². The Morgan fingerprint density at radius 1 is 1.03 bits per heavy atom. The highest BCUT2D eigenvalue weighted by atomic mass is 32.2. The lowest BCUT2D eigenvalue weighted by molar-refractivity contribution is -0.119. The summed E-state index contributed by atoms with van der Waals surface area (Å²) in [4.78, 5) is 24.6. The zero-order valence-electron chi connectivity index (χ0n) is 17.4. The van der Waals surface area contributed by atoms with Gasteiger partial charge in [0.25, 0.3) is 5.91 Å². The molecule has 0 radical (unpaired) electrons. The molecule has 30 heavy (non-hydrogen) atoms. The molecule has 0 heterocycles. The molecule has 0 bridgehead atoms. The van der Waals surface area contributed by atoms with Gasteiger partial charge in [-0.15, -0.1) is 0 Å². The second-order valence-electron chi connectivity index (χ2n) is 6.45. The minimum atomic E-state index is -3.65. The number of ether oxygens (including phenoxy) is 3. The van der Waals surface area contributed by atoms with Crippen molar-refractivity contribution in [1.82, 2.24) is 4.31 Å². The molecule has 1 amide bonds. The fourth-order valence-electron chi connectivity index (χ4n) is 2.47. The van der Waals surface area contributed by atoms with E-state index in [9.17, 15) is 18.0 Å². The van der Waals surface area contributed by atoms with E-state index in [1.165, 1.54) is 52.6 Å². The van der Waals surface area contributed by atoms with Crippen molar-refractivity contribution < 1.29 is 32.2 Å². The number of hydrogen-bond acceptors (Lipinski definition) is 7. The molecule has 0 aromatic heterocycles. The summed E-state index contributed by atoms with van der Waals surface area (Å²) in [5, 5.41) is 2.56. The summed E-state index contributed by atoms with van der Waals surface area (Å²) in [5.74, 6) is -0.606. The molecule has 10 heteroatoms. The highest BCUT2D eigenvalue weighted by Gasteiger charge is 2.20. The number of methoxy groups -OCH3 is 2. The minimum absolute atomic E-state index is 0.0355. The maximum Gasteiger partial charge on any atom is 0.342 e. The van der Waals surface area contributed by atoms with E-state index in [1.54, 1.807) is 19.1 Å². The van der Waals surface area contributed by atoms with Crippen molar-refractivity contribution in [2.45, 2.75) is 11.8 Å². The number of sulfonamides is 1. The van der Waals surface area contributed by atoms with Gasteiger partial charge in [0.05, 0.1) is 19.1 Å². The van der Waals surface area contributed by atoms with Crippen molar-refractivity contribution in [3.63, 3.8) is 0 Å². The van der Waals surface area contributed by atoms with Gasteiger partial charge in [0.15, 0.2) is 6.61 Å². The van der Waals surface area contributed by atoms with E-state index < -0.39 is 28.5 Å². The molecule has 0 saturated heterocycles. The van der Waals surface area contributed by atoms with Crippen LogP contribution in [0.15, 0.2) is 41.3 Å². The number of rotatable bonds is 8. The van der Waals surface area contributed by atoms with Crippen LogP contribution in [0.4, 0.5) is 5.69 Å². The molecule has 2 aromatic carbocycles. The molecule has 0 atom stereocenters. The van der Waals surface area contributed by atoms with Gasteiger partial charge in [-0.3, -0.25) is 4.79 Å². The second-order valence-corrected chi connectivity index (χ2v) is 8.61. The number of carbonyl (C=O) groups excluding carboxylic acids is 2. The van der Waals surface area contributed by atoms with Crippen LogP contribution in [0.2, 0.25) is 0 Å². The number of aryl methyl sites for hydroxylation is 1. The SMILES string of the molecule is COc1ccc(C(=O)OCC(=O)Nc2cc(S(=O)(=O)N(C)C)ccc2C)c(OC)c1. The van der Waals surface area contributed by atoms with Gasteiger partial charge in [-0.2, -0.15) is 0 Å². The van der Waals surface area contributed by atoms with E-state index in [0.717, 1.165) is 4.31 Å². The van der Waals surface area contributed by atoms with E-state index in [1.807, 2.05) is 0 Å². The highest BCUT2D eigenvalue weighted by Crippen LogP contribution is 2.25. The first kappa shape index (κ1) is 23.2. The Labute approximate surface area is 175 Å². The average molecular weight is 436 g/mol. The van der Waals surface area contributed by atoms with Crippen molar-refractivity contribution in [2.75, 3.05) is 40.2 Å². The maximum absolute atomic E-state index is 12.3. The third-order valence-corrected chi connectivity index (χ3v) is 6.04. The van der Waals surface area contributed by atoms with E-state index in [0.29, 0.717) is 17.0 Å². The van der Waals surface area contributed by atoms with Crippen LogP contribution < -0.4 is 14.8 Å². The van der Waals surface area contributed by atoms with Gasteiger partial charge in [0, 0.05) is 25.8 Å². The molecule has 0 fully saturated rings. The largest absolute Gasteiger partial charge is 0.497 e. The molecule has 2 aromatic rings. The molecule has 2 rings (SSSR count). The van der Waals surface area contributed by atoms with Crippen molar-refractivity contribution in [2.24, 2.45) is 0 Å². The lowest BCUT2D eigenvalue weighted by Crippen LogP contribution is -2.24. The minimum Gasteiger partial charge on any atom is -0.497 e. The first-order chi connectivity index (χ1) is 14.1. The van der Waals surface area contributed by atoms with Gasteiger partial charge >= 0.3 is 5.97 Å². The van der Waals surface area contributed by atoms with Crippen LogP contribution in [0, 0.1) is 6.92 Å². The summed E-state index contributed by atoms with van der Waals surface area (Å²) in [6.45, 7) is 1.16. The molecular formula is C20H24N2O7S. The van der Waals surface area contributed by atoms with Crippen LogP contribution in [-0.2, 0) is 19.6 Å². The zero-order chi connectivity index (χ0) is 22.5. The fourth-order valence-corrected chi connectivity index (χ4v) is 3.40. The lowest BCUT2D eigenvalue weighted by atomic mass is 10.2. The van der Waals surface area contributed by atoms with Gasteiger partial charge in [-0.25, -0.2) is 17.5 Å². The Kier molecular flexibility index (Phi) is 7.41. The molecule has 0 aliphatic heterocycles. The predicted molar refractivity (Wildman–Crippen MR) is 111 cm³/mol. The van der Waals surface area contributed by atoms with Crippen LogP contribution in [0.5, 0.6) is 11.5 Å². The maximum atomic E-state index is 12.3.